The highest BCUT2D eigenvalue weighted by Crippen LogP contribution is 2.20. The van der Waals surface area contributed by atoms with Crippen molar-refractivity contribution in [1.29, 1.82) is 0 Å². The van der Waals surface area contributed by atoms with Crippen LogP contribution in [0.25, 0.3) is 0 Å². The summed E-state index contributed by atoms with van der Waals surface area (Å²) < 4.78 is 5.32. The Labute approximate surface area is 106 Å². The molecule has 4 nitrogen and oxygen atoms in total. The third kappa shape index (κ3) is 2.43. The fourth-order valence-electron chi connectivity index (χ4n) is 2.26. The summed E-state index contributed by atoms with van der Waals surface area (Å²) in [6, 6.07) is 8.42. The first-order valence-corrected chi connectivity index (χ1v) is 6.40. The van der Waals surface area contributed by atoms with Crippen molar-refractivity contribution in [2.45, 2.75) is 25.7 Å². The molecule has 0 amide bonds. The third-order valence-electron chi connectivity index (χ3n) is 3.39. The molecular weight excluding hydrogens is 226 g/mol. The Morgan fingerprint density at radius 1 is 1.33 bits per heavy atom. The number of rotatable bonds is 3. The highest BCUT2D eigenvalue weighted by Gasteiger charge is 2.21. The smallest absolute Gasteiger partial charge is 0.231 e. The quantitative estimate of drug-likeness (QED) is 0.896. The number of benzene rings is 1. The minimum atomic E-state index is 0.417. The largest absolute Gasteiger partial charge is 0.339 e. The van der Waals surface area contributed by atoms with Gasteiger partial charge in [0.15, 0.2) is 5.82 Å². The van der Waals surface area contributed by atoms with E-state index in [0.717, 1.165) is 25.3 Å². The van der Waals surface area contributed by atoms with Crippen molar-refractivity contribution >= 4 is 0 Å². The van der Waals surface area contributed by atoms with E-state index in [-0.39, 0.29) is 0 Å². The molecule has 94 valence electrons. The molecule has 1 fully saturated rings. The van der Waals surface area contributed by atoms with Crippen LogP contribution in [0.15, 0.2) is 28.8 Å². The second-order valence-electron chi connectivity index (χ2n) is 4.90. The molecule has 2 aromatic rings. The molecule has 1 aromatic carbocycles. The lowest BCUT2D eigenvalue weighted by Gasteiger charge is -1.99. The maximum absolute atomic E-state index is 5.32. The van der Waals surface area contributed by atoms with E-state index in [1.54, 1.807) is 0 Å². The minimum absolute atomic E-state index is 0.417. The standard InChI is InChI=1S/C14H17N3O/c1-10-2-4-11(5-3-10)8-13-16-14(17-18-13)12-6-7-15-9-12/h2-5,12,15H,6-9H2,1H3. The summed E-state index contributed by atoms with van der Waals surface area (Å²) in [6.45, 7) is 4.09. The lowest BCUT2D eigenvalue weighted by molar-refractivity contribution is 0.376. The first-order valence-electron chi connectivity index (χ1n) is 6.40. The number of hydrogen-bond acceptors (Lipinski definition) is 4. The van der Waals surface area contributed by atoms with Crippen molar-refractivity contribution in [3.05, 3.63) is 47.1 Å². The van der Waals surface area contributed by atoms with Gasteiger partial charge in [0.25, 0.3) is 0 Å². The van der Waals surface area contributed by atoms with Crippen LogP contribution in [0, 0.1) is 6.92 Å². The summed E-state index contributed by atoms with van der Waals surface area (Å²) in [6.07, 6.45) is 1.82. The van der Waals surface area contributed by atoms with Gasteiger partial charge in [-0.25, -0.2) is 0 Å². The summed E-state index contributed by atoms with van der Waals surface area (Å²) in [7, 11) is 0. The van der Waals surface area contributed by atoms with E-state index in [1.165, 1.54) is 11.1 Å². The van der Waals surface area contributed by atoms with Gasteiger partial charge in [-0.1, -0.05) is 35.0 Å². The molecule has 1 N–H and O–H groups in total. The summed E-state index contributed by atoms with van der Waals surface area (Å²) in [5.74, 6) is 1.98. The molecule has 4 heteroatoms. The topological polar surface area (TPSA) is 51.0 Å². The van der Waals surface area contributed by atoms with Gasteiger partial charge in [-0.2, -0.15) is 4.98 Å². The van der Waals surface area contributed by atoms with E-state index in [1.807, 2.05) is 0 Å². The number of aromatic nitrogens is 2. The van der Waals surface area contributed by atoms with Crippen molar-refractivity contribution < 1.29 is 4.52 Å². The summed E-state index contributed by atoms with van der Waals surface area (Å²) in [5, 5.41) is 7.40. The van der Waals surface area contributed by atoms with Crippen LogP contribution in [0.3, 0.4) is 0 Å². The van der Waals surface area contributed by atoms with Gasteiger partial charge in [0.1, 0.15) is 0 Å². The van der Waals surface area contributed by atoms with E-state index >= 15 is 0 Å². The number of hydrogen-bond donors (Lipinski definition) is 1. The Morgan fingerprint density at radius 3 is 2.89 bits per heavy atom. The second kappa shape index (κ2) is 4.90. The van der Waals surface area contributed by atoms with Gasteiger partial charge < -0.3 is 9.84 Å². The zero-order valence-electron chi connectivity index (χ0n) is 10.5. The van der Waals surface area contributed by atoms with Gasteiger partial charge in [0, 0.05) is 12.5 Å². The molecule has 18 heavy (non-hydrogen) atoms. The molecule has 2 heterocycles. The Hall–Kier alpha value is -1.68. The lowest BCUT2D eigenvalue weighted by Crippen LogP contribution is -2.08. The van der Waals surface area contributed by atoms with Crippen molar-refractivity contribution in [2.75, 3.05) is 13.1 Å². The predicted molar refractivity (Wildman–Crippen MR) is 68.5 cm³/mol. The molecule has 0 radical (unpaired) electrons. The van der Waals surface area contributed by atoms with Crippen molar-refractivity contribution in [3.63, 3.8) is 0 Å². The van der Waals surface area contributed by atoms with Crippen LogP contribution in [0.2, 0.25) is 0 Å². The van der Waals surface area contributed by atoms with Crippen LogP contribution < -0.4 is 5.32 Å². The monoisotopic (exact) mass is 243 g/mol. The molecular formula is C14H17N3O. The number of nitrogens with one attached hydrogen (secondary N) is 1. The van der Waals surface area contributed by atoms with Crippen molar-refractivity contribution in [2.24, 2.45) is 0 Å². The highest BCUT2D eigenvalue weighted by atomic mass is 16.5. The van der Waals surface area contributed by atoms with Gasteiger partial charge in [-0.05, 0) is 25.5 Å². The molecule has 0 spiro atoms. The van der Waals surface area contributed by atoms with Crippen LogP contribution in [0.4, 0.5) is 0 Å². The zero-order valence-corrected chi connectivity index (χ0v) is 10.5. The zero-order chi connectivity index (χ0) is 12.4. The summed E-state index contributed by atoms with van der Waals surface area (Å²) >= 11 is 0. The third-order valence-corrected chi connectivity index (χ3v) is 3.39. The van der Waals surface area contributed by atoms with Crippen molar-refractivity contribution in [3.8, 4) is 0 Å². The predicted octanol–water partition coefficient (Wildman–Crippen LogP) is 2.05. The molecule has 1 atom stereocenters. The first kappa shape index (κ1) is 11.4. The highest BCUT2D eigenvalue weighted by molar-refractivity contribution is 5.23. The summed E-state index contributed by atoms with van der Waals surface area (Å²) in [4.78, 5) is 4.49. The van der Waals surface area contributed by atoms with Crippen LogP contribution >= 0.6 is 0 Å². The average Bonchev–Trinajstić information content (AvgIpc) is 3.02. The van der Waals surface area contributed by atoms with Gasteiger partial charge in [0.05, 0.1) is 6.42 Å². The number of nitrogens with zero attached hydrogens (tertiary/aromatic N) is 2. The van der Waals surface area contributed by atoms with Crippen LogP contribution in [0.1, 0.15) is 35.2 Å². The molecule has 1 unspecified atom stereocenters. The van der Waals surface area contributed by atoms with Gasteiger partial charge in [-0.3, -0.25) is 0 Å². The lowest BCUT2D eigenvalue weighted by atomic mass is 10.1. The average molecular weight is 243 g/mol. The molecule has 1 aromatic heterocycles. The normalized spacial score (nSPS) is 19.3. The van der Waals surface area contributed by atoms with E-state index in [9.17, 15) is 0 Å². The van der Waals surface area contributed by atoms with Gasteiger partial charge in [-0.15, -0.1) is 0 Å². The van der Waals surface area contributed by atoms with Crippen molar-refractivity contribution in [1.82, 2.24) is 15.5 Å². The number of aryl methyl sites for hydroxylation is 1. The molecule has 1 saturated heterocycles. The minimum Gasteiger partial charge on any atom is -0.339 e. The van der Waals surface area contributed by atoms with Crippen LogP contribution in [-0.4, -0.2) is 23.2 Å². The molecule has 1 aliphatic rings. The van der Waals surface area contributed by atoms with E-state index in [2.05, 4.69) is 46.6 Å². The Bertz CT molecular complexity index is 512. The molecule has 1 aliphatic heterocycles. The molecule has 3 rings (SSSR count). The Morgan fingerprint density at radius 2 is 2.17 bits per heavy atom. The van der Waals surface area contributed by atoms with E-state index in [0.29, 0.717) is 18.2 Å². The first-order chi connectivity index (χ1) is 8.81. The maximum atomic E-state index is 5.32. The second-order valence-corrected chi connectivity index (χ2v) is 4.90. The molecule has 0 bridgehead atoms. The molecule has 0 saturated carbocycles. The van der Waals surface area contributed by atoms with Gasteiger partial charge in [0.2, 0.25) is 5.89 Å². The molecule has 0 aliphatic carbocycles. The fourth-order valence-corrected chi connectivity index (χ4v) is 2.26. The van der Waals surface area contributed by atoms with E-state index < -0.39 is 0 Å². The Kier molecular flexibility index (Phi) is 3.11. The van der Waals surface area contributed by atoms with E-state index in [4.69, 9.17) is 4.52 Å². The Balaban J connectivity index is 1.71. The maximum Gasteiger partial charge on any atom is 0.231 e. The summed E-state index contributed by atoms with van der Waals surface area (Å²) in [5.41, 5.74) is 2.47. The van der Waals surface area contributed by atoms with Gasteiger partial charge >= 0.3 is 0 Å². The van der Waals surface area contributed by atoms with Crippen LogP contribution in [0.5, 0.6) is 0 Å². The SMILES string of the molecule is Cc1ccc(Cc2nc(C3CCNC3)no2)cc1. The van der Waals surface area contributed by atoms with Crippen LogP contribution in [-0.2, 0) is 6.42 Å². The fraction of sp³-hybridized carbons (Fsp3) is 0.429.